The van der Waals surface area contributed by atoms with Crippen molar-refractivity contribution in [2.75, 3.05) is 6.26 Å². The summed E-state index contributed by atoms with van der Waals surface area (Å²) in [5.74, 6) is 0.358. The Labute approximate surface area is 174 Å². The number of hydrogen-bond acceptors (Lipinski definition) is 4. The zero-order valence-electron chi connectivity index (χ0n) is 16.0. The molecule has 30 heavy (non-hydrogen) atoms. The van der Waals surface area contributed by atoms with Crippen molar-refractivity contribution in [3.8, 4) is 0 Å². The molecule has 3 aromatic rings. The van der Waals surface area contributed by atoms with Gasteiger partial charge in [-0.15, -0.1) is 0 Å². The molecule has 0 amide bonds. The molecule has 1 aliphatic carbocycles. The van der Waals surface area contributed by atoms with Crippen LogP contribution in [0.3, 0.4) is 0 Å². The molecule has 1 aliphatic rings. The Morgan fingerprint density at radius 3 is 2.57 bits per heavy atom. The van der Waals surface area contributed by atoms with Crippen molar-refractivity contribution in [1.82, 2.24) is 5.16 Å². The molecule has 0 radical (unpaired) electrons. The molecule has 1 aromatic heterocycles. The molecule has 1 unspecified atom stereocenters. The smallest absolute Gasteiger partial charge is 0.416 e. The number of halogens is 3. The number of aromatic nitrogens is 1. The standard InChI is InChI=1S/C22H18F3NO3S/c1-30(28)19-8-4-7-18(22(23,24)25)16(19)11-14-5-2-3-6-15(14)20(27)17-12-26-29-21(17)13-9-10-13/h2-8,12-13H,9-11H2,1H3. The molecule has 0 spiro atoms. The molecule has 156 valence electrons. The first kappa shape index (κ1) is 20.7. The Kier molecular flexibility index (Phi) is 5.46. The van der Waals surface area contributed by atoms with Crippen molar-refractivity contribution in [2.24, 2.45) is 0 Å². The van der Waals surface area contributed by atoms with E-state index in [1.54, 1.807) is 24.3 Å². The van der Waals surface area contributed by atoms with E-state index in [9.17, 15) is 22.5 Å². The van der Waals surface area contributed by atoms with Crippen LogP contribution in [-0.2, 0) is 23.8 Å². The van der Waals surface area contributed by atoms with Gasteiger partial charge in [0.2, 0.25) is 0 Å². The highest BCUT2D eigenvalue weighted by Crippen LogP contribution is 2.42. The predicted octanol–water partition coefficient (Wildman–Crippen LogP) is 5.13. The van der Waals surface area contributed by atoms with E-state index in [0.717, 1.165) is 18.9 Å². The van der Waals surface area contributed by atoms with Crippen LogP contribution >= 0.6 is 0 Å². The average Bonchev–Trinajstić information content (AvgIpc) is 3.43. The predicted molar refractivity (Wildman–Crippen MR) is 105 cm³/mol. The molecule has 1 saturated carbocycles. The van der Waals surface area contributed by atoms with E-state index in [-0.39, 0.29) is 34.1 Å². The van der Waals surface area contributed by atoms with Crippen LogP contribution < -0.4 is 0 Å². The van der Waals surface area contributed by atoms with Crippen LogP contribution in [0.4, 0.5) is 13.2 Å². The largest absolute Gasteiger partial charge is 0.612 e. The van der Waals surface area contributed by atoms with Gasteiger partial charge < -0.3 is 9.08 Å². The molecule has 8 heteroatoms. The van der Waals surface area contributed by atoms with Gasteiger partial charge in [-0.05, 0) is 41.7 Å². The molecule has 0 saturated heterocycles. The fraction of sp³-hybridized carbons (Fsp3) is 0.273. The van der Waals surface area contributed by atoms with E-state index < -0.39 is 22.9 Å². The normalized spacial score (nSPS) is 15.2. The van der Waals surface area contributed by atoms with E-state index in [1.165, 1.54) is 24.6 Å². The van der Waals surface area contributed by atoms with Crippen molar-refractivity contribution < 1.29 is 27.0 Å². The Morgan fingerprint density at radius 1 is 1.17 bits per heavy atom. The first-order chi connectivity index (χ1) is 14.3. The lowest BCUT2D eigenvalue weighted by Crippen LogP contribution is -2.15. The van der Waals surface area contributed by atoms with Gasteiger partial charge in [0, 0.05) is 23.5 Å². The first-order valence-electron chi connectivity index (χ1n) is 9.37. The minimum atomic E-state index is -4.60. The number of nitrogens with zero attached hydrogens (tertiary/aromatic N) is 1. The molecule has 0 N–H and O–H groups in total. The SMILES string of the molecule is C[S+]([O-])c1cccc(C(F)(F)F)c1Cc1ccccc1C(=O)c1cnoc1C1CC1. The summed E-state index contributed by atoms with van der Waals surface area (Å²) in [5.41, 5.74) is 0.120. The fourth-order valence-electron chi connectivity index (χ4n) is 3.57. The highest BCUT2D eigenvalue weighted by atomic mass is 32.2. The quantitative estimate of drug-likeness (QED) is 0.399. The van der Waals surface area contributed by atoms with Crippen molar-refractivity contribution in [2.45, 2.75) is 36.3 Å². The topological polar surface area (TPSA) is 66.2 Å². The molecular weight excluding hydrogens is 415 g/mol. The van der Waals surface area contributed by atoms with Crippen LogP contribution in [0.2, 0.25) is 0 Å². The van der Waals surface area contributed by atoms with Crippen LogP contribution in [0.5, 0.6) is 0 Å². The van der Waals surface area contributed by atoms with Gasteiger partial charge in [0.15, 0.2) is 16.4 Å². The van der Waals surface area contributed by atoms with Crippen LogP contribution in [0.1, 0.15) is 57.1 Å². The molecular formula is C22H18F3NO3S. The fourth-order valence-corrected chi connectivity index (χ4v) is 4.37. The molecule has 4 rings (SSSR count). The maximum atomic E-state index is 13.6. The van der Waals surface area contributed by atoms with Gasteiger partial charge in [-0.3, -0.25) is 4.79 Å². The lowest BCUT2D eigenvalue weighted by atomic mass is 9.92. The van der Waals surface area contributed by atoms with Gasteiger partial charge >= 0.3 is 6.18 Å². The Bertz CT molecular complexity index is 1090. The number of carbonyl (C=O) groups is 1. The zero-order valence-corrected chi connectivity index (χ0v) is 16.8. The second kappa shape index (κ2) is 7.92. The van der Waals surface area contributed by atoms with Crippen molar-refractivity contribution >= 4 is 17.0 Å². The average molecular weight is 433 g/mol. The Morgan fingerprint density at radius 2 is 1.90 bits per heavy atom. The summed E-state index contributed by atoms with van der Waals surface area (Å²) in [6.45, 7) is 0. The van der Waals surface area contributed by atoms with Gasteiger partial charge in [-0.1, -0.05) is 35.5 Å². The second-order valence-electron chi connectivity index (χ2n) is 7.28. The summed E-state index contributed by atoms with van der Waals surface area (Å²) < 4.78 is 58.3. The number of ketones is 1. The molecule has 1 heterocycles. The minimum absolute atomic E-state index is 0.0844. The maximum absolute atomic E-state index is 13.6. The highest BCUT2D eigenvalue weighted by Gasteiger charge is 2.37. The van der Waals surface area contributed by atoms with Gasteiger partial charge in [0.1, 0.15) is 6.26 Å². The van der Waals surface area contributed by atoms with Gasteiger partial charge in [-0.25, -0.2) is 0 Å². The van der Waals surface area contributed by atoms with Gasteiger partial charge in [-0.2, -0.15) is 13.2 Å². The first-order valence-corrected chi connectivity index (χ1v) is 10.9. The number of hydrogen-bond donors (Lipinski definition) is 0. The van der Waals surface area contributed by atoms with E-state index in [2.05, 4.69) is 5.16 Å². The maximum Gasteiger partial charge on any atom is 0.416 e. The summed E-state index contributed by atoms with van der Waals surface area (Å²) in [4.78, 5) is 13.3. The zero-order chi connectivity index (χ0) is 21.5. The number of benzene rings is 2. The lowest BCUT2D eigenvalue weighted by Gasteiger charge is -2.18. The van der Waals surface area contributed by atoms with Crippen molar-refractivity contribution in [3.05, 3.63) is 82.2 Å². The minimum Gasteiger partial charge on any atom is -0.612 e. The van der Waals surface area contributed by atoms with Gasteiger partial charge in [0.25, 0.3) is 0 Å². The monoisotopic (exact) mass is 433 g/mol. The third-order valence-electron chi connectivity index (χ3n) is 5.17. The van der Waals surface area contributed by atoms with Crippen molar-refractivity contribution in [1.29, 1.82) is 0 Å². The third-order valence-corrected chi connectivity index (χ3v) is 6.17. The highest BCUT2D eigenvalue weighted by molar-refractivity contribution is 7.90. The second-order valence-corrected chi connectivity index (χ2v) is 8.62. The summed E-state index contributed by atoms with van der Waals surface area (Å²) in [6.07, 6.45) is -0.227. The van der Waals surface area contributed by atoms with E-state index in [1.807, 2.05) is 0 Å². The summed E-state index contributed by atoms with van der Waals surface area (Å²) in [5, 5.41) is 3.74. The molecule has 0 aliphatic heterocycles. The number of carbonyl (C=O) groups excluding carboxylic acids is 1. The summed E-state index contributed by atoms with van der Waals surface area (Å²) >= 11 is -1.62. The Hall–Kier alpha value is -2.58. The number of alkyl halides is 3. The van der Waals surface area contributed by atoms with Crippen LogP contribution in [0.25, 0.3) is 0 Å². The van der Waals surface area contributed by atoms with Gasteiger partial charge in [0.05, 0.1) is 17.3 Å². The van der Waals surface area contributed by atoms with Crippen LogP contribution in [0, 0.1) is 0 Å². The molecule has 1 atom stereocenters. The molecule has 2 aromatic carbocycles. The van der Waals surface area contributed by atoms with Crippen LogP contribution in [-0.4, -0.2) is 21.7 Å². The van der Waals surface area contributed by atoms with E-state index in [4.69, 9.17) is 4.52 Å². The van der Waals surface area contributed by atoms with Crippen LogP contribution in [0.15, 0.2) is 58.1 Å². The Balaban J connectivity index is 1.78. The number of rotatable bonds is 6. The lowest BCUT2D eigenvalue weighted by molar-refractivity contribution is -0.138. The van der Waals surface area contributed by atoms with Crippen molar-refractivity contribution in [3.63, 3.8) is 0 Å². The molecule has 4 nitrogen and oxygen atoms in total. The van der Waals surface area contributed by atoms with E-state index in [0.29, 0.717) is 16.9 Å². The summed E-state index contributed by atoms with van der Waals surface area (Å²) in [6, 6.07) is 10.2. The van der Waals surface area contributed by atoms with E-state index >= 15 is 0 Å². The molecule has 0 bridgehead atoms. The molecule has 1 fully saturated rings. The third kappa shape index (κ3) is 4.02. The summed E-state index contributed by atoms with van der Waals surface area (Å²) in [7, 11) is 0.